The first kappa shape index (κ1) is 18.0. The standard InChI is InChI=1S/C17H22N4O2S2/c18-5-6-19-16(23)12-3-1-7-21(10-12)15(22)9-13-11-25-17(20-13)14-4-2-8-24-14/h2,4,8,11-12H,1,3,5-7,9-10,18H2,(H,19,23). The van der Waals surface area contributed by atoms with E-state index in [1.807, 2.05) is 22.9 Å². The summed E-state index contributed by atoms with van der Waals surface area (Å²) in [6.45, 7) is 2.10. The van der Waals surface area contributed by atoms with Gasteiger partial charge in [-0.2, -0.15) is 0 Å². The second kappa shape index (κ2) is 8.55. The molecule has 8 heteroatoms. The van der Waals surface area contributed by atoms with Gasteiger partial charge in [0, 0.05) is 31.6 Å². The molecule has 0 aromatic carbocycles. The highest BCUT2D eigenvalue weighted by molar-refractivity contribution is 7.20. The lowest BCUT2D eigenvalue weighted by atomic mass is 9.96. The van der Waals surface area contributed by atoms with Gasteiger partial charge in [0.15, 0.2) is 0 Å². The third-order valence-corrected chi connectivity index (χ3v) is 6.13. The molecule has 6 nitrogen and oxygen atoms in total. The third-order valence-electron chi connectivity index (χ3n) is 4.20. The average Bonchev–Trinajstić information content (AvgIpc) is 3.31. The normalized spacial score (nSPS) is 17.5. The van der Waals surface area contributed by atoms with Gasteiger partial charge in [0.05, 0.1) is 22.9 Å². The number of thiazole rings is 1. The monoisotopic (exact) mass is 378 g/mol. The summed E-state index contributed by atoms with van der Waals surface area (Å²) >= 11 is 3.21. The van der Waals surface area contributed by atoms with E-state index in [0.29, 0.717) is 32.6 Å². The lowest BCUT2D eigenvalue weighted by Gasteiger charge is -2.32. The molecule has 1 aliphatic heterocycles. The van der Waals surface area contributed by atoms with E-state index in [0.717, 1.165) is 28.4 Å². The lowest BCUT2D eigenvalue weighted by molar-refractivity contribution is -0.135. The number of nitrogens with two attached hydrogens (primary N) is 1. The molecular weight excluding hydrogens is 356 g/mol. The number of nitrogens with one attached hydrogen (secondary N) is 1. The van der Waals surface area contributed by atoms with Crippen LogP contribution in [0.2, 0.25) is 0 Å². The van der Waals surface area contributed by atoms with Crippen molar-refractivity contribution in [1.29, 1.82) is 0 Å². The average molecular weight is 379 g/mol. The van der Waals surface area contributed by atoms with Crippen LogP contribution in [0, 0.1) is 5.92 Å². The van der Waals surface area contributed by atoms with Crippen molar-refractivity contribution in [2.75, 3.05) is 26.2 Å². The van der Waals surface area contributed by atoms with Gasteiger partial charge >= 0.3 is 0 Å². The zero-order chi connectivity index (χ0) is 17.6. The van der Waals surface area contributed by atoms with E-state index >= 15 is 0 Å². The molecule has 0 radical (unpaired) electrons. The van der Waals surface area contributed by atoms with Crippen molar-refractivity contribution in [3.8, 4) is 9.88 Å². The van der Waals surface area contributed by atoms with Crippen molar-refractivity contribution in [2.24, 2.45) is 11.7 Å². The predicted molar refractivity (Wildman–Crippen MR) is 100 cm³/mol. The Kier molecular flexibility index (Phi) is 6.17. The number of hydrogen-bond donors (Lipinski definition) is 2. The molecule has 0 saturated carbocycles. The van der Waals surface area contributed by atoms with Crippen LogP contribution in [-0.2, 0) is 16.0 Å². The molecule has 2 amide bonds. The molecule has 1 fully saturated rings. The van der Waals surface area contributed by atoms with Crippen molar-refractivity contribution in [3.05, 3.63) is 28.6 Å². The summed E-state index contributed by atoms with van der Waals surface area (Å²) in [5, 5.41) is 7.74. The Morgan fingerprint density at radius 2 is 2.28 bits per heavy atom. The number of amides is 2. The van der Waals surface area contributed by atoms with Crippen LogP contribution in [0.15, 0.2) is 22.9 Å². The summed E-state index contributed by atoms with van der Waals surface area (Å²) < 4.78 is 0. The Bertz CT molecular complexity index is 714. The fourth-order valence-corrected chi connectivity index (χ4v) is 4.56. The Morgan fingerprint density at radius 3 is 3.04 bits per heavy atom. The second-order valence-electron chi connectivity index (χ2n) is 6.06. The summed E-state index contributed by atoms with van der Waals surface area (Å²) in [6, 6.07) is 4.03. The minimum Gasteiger partial charge on any atom is -0.355 e. The zero-order valence-corrected chi connectivity index (χ0v) is 15.6. The summed E-state index contributed by atoms with van der Waals surface area (Å²) in [5.41, 5.74) is 6.22. The van der Waals surface area contributed by atoms with Gasteiger partial charge in [0.1, 0.15) is 5.01 Å². The van der Waals surface area contributed by atoms with Crippen LogP contribution in [0.1, 0.15) is 18.5 Å². The van der Waals surface area contributed by atoms with Gasteiger partial charge in [0.25, 0.3) is 0 Å². The van der Waals surface area contributed by atoms with Crippen molar-refractivity contribution < 1.29 is 9.59 Å². The first-order valence-electron chi connectivity index (χ1n) is 8.41. The molecule has 1 aliphatic rings. The van der Waals surface area contributed by atoms with Crippen LogP contribution in [0.3, 0.4) is 0 Å². The summed E-state index contributed by atoms with van der Waals surface area (Å²) in [7, 11) is 0. The Balaban J connectivity index is 1.56. The molecule has 1 saturated heterocycles. The van der Waals surface area contributed by atoms with E-state index in [1.54, 1.807) is 27.6 Å². The number of likely N-dealkylation sites (tertiary alicyclic amines) is 1. The van der Waals surface area contributed by atoms with Gasteiger partial charge in [-0.3, -0.25) is 9.59 Å². The quantitative estimate of drug-likeness (QED) is 0.801. The van der Waals surface area contributed by atoms with Crippen LogP contribution in [0.4, 0.5) is 0 Å². The number of piperidine rings is 1. The second-order valence-corrected chi connectivity index (χ2v) is 7.86. The smallest absolute Gasteiger partial charge is 0.228 e. The Labute approximate surface area is 155 Å². The van der Waals surface area contributed by atoms with Crippen LogP contribution >= 0.6 is 22.7 Å². The minimum atomic E-state index is -0.138. The van der Waals surface area contributed by atoms with Gasteiger partial charge in [0.2, 0.25) is 11.8 Å². The molecule has 3 heterocycles. The van der Waals surface area contributed by atoms with Crippen molar-refractivity contribution >= 4 is 34.5 Å². The highest BCUT2D eigenvalue weighted by atomic mass is 32.1. The maximum absolute atomic E-state index is 12.6. The first-order chi connectivity index (χ1) is 12.2. The highest BCUT2D eigenvalue weighted by Crippen LogP contribution is 2.28. The van der Waals surface area contributed by atoms with Crippen LogP contribution in [0.25, 0.3) is 9.88 Å². The molecule has 3 rings (SSSR count). The molecule has 1 unspecified atom stereocenters. The number of carbonyl (C=O) groups is 2. The number of aromatic nitrogens is 1. The summed E-state index contributed by atoms with van der Waals surface area (Å²) in [4.78, 5) is 32.2. The van der Waals surface area contributed by atoms with Crippen molar-refractivity contribution in [3.63, 3.8) is 0 Å². The van der Waals surface area contributed by atoms with E-state index < -0.39 is 0 Å². The fraction of sp³-hybridized carbons (Fsp3) is 0.471. The first-order valence-corrected chi connectivity index (χ1v) is 10.2. The SMILES string of the molecule is NCCNC(=O)C1CCCN(C(=O)Cc2csc(-c3cccs3)n2)C1. The molecule has 0 spiro atoms. The molecule has 134 valence electrons. The minimum absolute atomic E-state index is 0.00316. The van der Waals surface area contributed by atoms with E-state index in [2.05, 4.69) is 10.3 Å². The van der Waals surface area contributed by atoms with Gasteiger partial charge in [-0.15, -0.1) is 22.7 Å². The summed E-state index contributed by atoms with van der Waals surface area (Å²) in [6.07, 6.45) is 1.96. The van der Waals surface area contributed by atoms with Gasteiger partial charge in [-0.25, -0.2) is 4.98 Å². The highest BCUT2D eigenvalue weighted by Gasteiger charge is 2.28. The Morgan fingerprint density at radius 1 is 1.40 bits per heavy atom. The van der Waals surface area contributed by atoms with E-state index in [1.165, 1.54) is 0 Å². The Hall–Kier alpha value is -1.77. The third kappa shape index (κ3) is 4.65. The maximum atomic E-state index is 12.6. The van der Waals surface area contributed by atoms with Crippen LogP contribution in [0.5, 0.6) is 0 Å². The molecule has 1 atom stereocenters. The number of carbonyl (C=O) groups excluding carboxylic acids is 2. The van der Waals surface area contributed by atoms with E-state index in [4.69, 9.17) is 5.73 Å². The predicted octanol–water partition coefficient (Wildman–Crippen LogP) is 1.73. The lowest BCUT2D eigenvalue weighted by Crippen LogP contribution is -2.46. The summed E-state index contributed by atoms with van der Waals surface area (Å²) in [5.74, 6) is -0.0997. The molecular formula is C17H22N4O2S2. The number of hydrogen-bond acceptors (Lipinski definition) is 6. The van der Waals surface area contributed by atoms with E-state index in [9.17, 15) is 9.59 Å². The van der Waals surface area contributed by atoms with Crippen molar-refractivity contribution in [2.45, 2.75) is 19.3 Å². The van der Waals surface area contributed by atoms with Crippen molar-refractivity contribution in [1.82, 2.24) is 15.2 Å². The number of thiophene rings is 1. The molecule has 2 aromatic rings. The topological polar surface area (TPSA) is 88.3 Å². The number of rotatable bonds is 6. The van der Waals surface area contributed by atoms with Gasteiger partial charge in [-0.05, 0) is 24.3 Å². The molecule has 0 aliphatic carbocycles. The zero-order valence-electron chi connectivity index (χ0n) is 13.9. The van der Waals surface area contributed by atoms with Gasteiger partial charge < -0.3 is 16.0 Å². The number of nitrogens with zero attached hydrogens (tertiary/aromatic N) is 2. The molecule has 25 heavy (non-hydrogen) atoms. The van der Waals surface area contributed by atoms with Crippen LogP contribution < -0.4 is 11.1 Å². The molecule has 0 bridgehead atoms. The van der Waals surface area contributed by atoms with E-state index in [-0.39, 0.29) is 17.7 Å². The fourth-order valence-electron chi connectivity index (χ4n) is 2.93. The van der Waals surface area contributed by atoms with Gasteiger partial charge in [-0.1, -0.05) is 6.07 Å². The largest absolute Gasteiger partial charge is 0.355 e. The van der Waals surface area contributed by atoms with Crippen LogP contribution in [-0.4, -0.2) is 47.9 Å². The maximum Gasteiger partial charge on any atom is 0.228 e. The molecule has 3 N–H and O–H groups in total. The molecule has 2 aromatic heterocycles.